The van der Waals surface area contributed by atoms with E-state index in [0.717, 1.165) is 5.69 Å². The normalized spacial score (nSPS) is 10.2. The first-order chi connectivity index (χ1) is 9.11. The first-order valence-electron chi connectivity index (χ1n) is 6.14. The Hall–Kier alpha value is -2.49. The molecule has 0 unspecified atom stereocenters. The van der Waals surface area contributed by atoms with Crippen molar-refractivity contribution in [2.24, 2.45) is 0 Å². The van der Waals surface area contributed by atoms with Gasteiger partial charge in [-0.1, -0.05) is 0 Å². The zero-order valence-electron chi connectivity index (χ0n) is 10.8. The van der Waals surface area contributed by atoms with E-state index < -0.39 is 0 Å². The maximum Gasteiger partial charge on any atom is 0.258 e. The second-order valence-electron chi connectivity index (χ2n) is 4.26. The summed E-state index contributed by atoms with van der Waals surface area (Å²) in [6.45, 7) is 2.53. The van der Waals surface area contributed by atoms with E-state index in [4.69, 9.17) is 11.5 Å². The second-order valence-corrected chi connectivity index (χ2v) is 4.26. The van der Waals surface area contributed by atoms with E-state index in [2.05, 4.69) is 0 Å². The van der Waals surface area contributed by atoms with Crippen LogP contribution in [0.4, 0.5) is 17.1 Å². The van der Waals surface area contributed by atoms with Gasteiger partial charge in [0.2, 0.25) is 0 Å². The SMILES string of the molecule is CCN(C(=O)c1ccc(N)cc1)c1ccc(N)cc1. The number of nitrogens with two attached hydrogens (primary N) is 2. The molecule has 0 bridgehead atoms. The highest BCUT2D eigenvalue weighted by molar-refractivity contribution is 6.06. The Morgan fingerprint density at radius 2 is 1.42 bits per heavy atom. The minimum Gasteiger partial charge on any atom is -0.399 e. The van der Waals surface area contributed by atoms with Crippen LogP contribution >= 0.6 is 0 Å². The molecule has 0 radical (unpaired) electrons. The summed E-state index contributed by atoms with van der Waals surface area (Å²) < 4.78 is 0. The molecule has 4 N–H and O–H groups in total. The lowest BCUT2D eigenvalue weighted by Gasteiger charge is -2.21. The summed E-state index contributed by atoms with van der Waals surface area (Å²) >= 11 is 0. The van der Waals surface area contributed by atoms with Gasteiger partial charge in [-0.25, -0.2) is 0 Å². The standard InChI is InChI=1S/C15H17N3O/c1-2-18(14-9-7-13(17)8-10-14)15(19)11-3-5-12(16)6-4-11/h3-10H,2,16-17H2,1H3. The highest BCUT2D eigenvalue weighted by atomic mass is 16.2. The Bertz CT molecular complexity index is 561. The fourth-order valence-electron chi connectivity index (χ4n) is 1.88. The van der Waals surface area contributed by atoms with E-state index >= 15 is 0 Å². The lowest BCUT2D eigenvalue weighted by molar-refractivity contribution is 0.0988. The van der Waals surface area contributed by atoms with Crippen molar-refractivity contribution in [2.45, 2.75) is 6.92 Å². The molecule has 0 heterocycles. The fraction of sp³-hybridized carbons (Fsp3) is 0.133. The van der Waals surface area contributed by atoms with Crippen LogP contribution in [0.15, 0.2) is 48.5 Å². The van der Waals surface area contributed by atoms with Crippen molar-refractivity contribution in [1.29, 1.82) is 0 Å². The number of carbonyl (C=O) groups is 1. The first-order valence-corrected chi connectivity index (χ1v) is 6.14. The molecule has 0 aromatic heterocycles. The molecule has 0 aliphatic rings. The Balaban J connectivity index is 2.29. The van der Waals surface area contributed by atoms with Crippen LogP contribution in [0, 0.1) is 0 Å². The van der Waals surface area contributed by atoms with Gasteiger partial charge in [0.15, 0.2) is 0 Å². The number of carbonyl (C=O) groups excluding carboxylic acids is 1. The largest absolute Gasteiger partial charge is 0.399 e. The molecule has 0 saturated carbocycles. The second kappa shape index (κ2) is 5.44. The number of amides is 1. The van der Waals surface area contributed by atoms with Crippen LogP contribution < -0.4 is 16.4 Å². The van der Waals surface area contributed by atoms with Crippen LogP contribution in [0.1, 0.15) is 17.3 Å². The number of nitrogens with zero attached hydrogens (tertiary/aromatic N) is 1. The van der Waals surface area contributed by atoms with Crippen LogP contribution in [0.5, 0.6) is 0 Å². The van der Waals surface area contributed by atoms with E-state index in [1.165, 1.54) is 0 Å². The molecule has 0 spiro atoms. The fourth-order valence-corrected chi connectivity index (χ4v) is 1.88. The molecule has 0 fully saturated rings. The molecule has 4 nitrogen and oxygen atoms in total. The summed E-state index contributed by atoms with van der Waals surface area (Å²) in [6, 6.07) is 14.2. The van der Waals surface area contributed by atoms with Crippen molar-refractivity contribution in [1.82, 2.24) is 0 Å². The summed E-state index contributed by atoms with van der Waals surface area (Å²) in [7, 11) is 0. The van der Waals surface area contributed by atoms with Crippen molar-refractivity contribution in [3.63, 3.8) is 0 Å². The van der Waals surface area contributed by atoms with Gasteiger partial charge in [-0.15, -0.1) is 0 Å². The molecule has 2 aromatic rings. The smallest absolute Gasteiger partial charge is 0.258 e. The van der Waals surface area contributed by atoms with Crippen molar-refractivity contribution < 1.29 is 4.79 Å². The predicted molar refractivity (Wildman–Crippen MR) is 79.1 cm³/mol. The molecule has 2 rings (SSSR count). The predicted octanol–water partition coefficient (Wildman–Crippen LogP) is 2.52. The number of rotatable bonds is 3. The Morgan fingerprint density at radius 3 is 1.89 bits per heavy atom. The molecule has 19 heavy (non-hydrogen) atoms. The van der Waals surface area contributed by atoms with Gasteiger partial charge in [-0.05, 0) is 55.5 Å². The van der Waals surface area contributed by atoms with Gasteiger partial charge in [0, 0.05) is 29.2 Å². The maximum absolute atomic E-state index is 12.4. The van der Waals surface area contributed by atoms with Gasteiger partial charge in [0.05, 0.1) is 0 Å². The van der Waals surface area contributed by atoms with Crippen molar-refractivity contribution in [3.8, 4) is 0 Å². The maximum atomic E-state index is 12.4. The number of hydrogen-bond acceptors (Lipinski definition) is 3. The highest BCUT2D eigenvalue weighted by Gasteiger charge is 2.15. The minimum absolute atomic E-state index is 0.0488. The molecular formula is C15H17N3O. The third kappa shape index (κ3) is 2.85. The van der Waals surface area contributed by atoms with Gasteiger partial charge in [-0.2, -0.15) is 0 Å². The molecule has 0 aliphatic carbocycles. The third-order valence-corrected chi connectivity index (χ3v) is 2.92. The number of benzene rings is 2. The van der Waals surface area contributed by atoms with Crippen LogP contribution in [-0.2, 0) is 0 Å². The average Bonchev–Trinajstić information content (AvgIpc) is 2.42. The average molecular weight is 255 g/mol. The Morgan fingerprint density at radius 1 is 0.947 bits per heavy atom. The zero-order valence-corrected chi connectivity index (χ0v) is 10.8. The van der Waals surface area contributed by atoms with E-state index in [9.17, 15) is 4.79 Å². The number of hydrogen-bond donors (Lipinski definition) is 2. The lowest BCUT2D eigenvalue weighted by Crippen LogP contribution is -2.30. The van der Waals surface area contributed by atoms with Crippen LogP contribution in [0.2, 0.25) is 0 Å². The monoisotopic (exact) mass is 255 g/mol. The molecular weight excluding hydrogens is 238 g/mol. The lowest BCUT2D eigenvalue weighted by atomic mass is 10.1. The Kier molecular flexibility index (Phi) is 3.71. The van der Waals surface area contributed by atoms with Gasteiger partial charge in [0.25, 0.3) is 5.91 Å². The molecule has 98 valence electrons. The summed E-state index contributed by atoms with van der Waals surface area (Å²) in [4.78, 5) is 14.1. The quantitative estimate of drug-likeness (QED) is 0.828. The van der Waals surface area contributed by atoms with Crippen LogP contribution in [0.25, 0.3) is 0 Å². The van der Waals surface area contributed by atoms with Crippen molar-refractivity contribution >= 4 is 23.0 Å². The van der Waals surface area contributed by atoms with E-state index in [0.29, 0.717) is 23.5 Å². The van der Waals surface area contributed by atoms with Gasteiger partial charge >= 0.3 is 0 Å². The summed E-state index contributed by atoms with van der Waals surface area (Å²) in [5.41, 5.74) is 14.1. The summed E-state index contributed by atoms with van der Waals surface area (Å²) in [5, 5.41) is 0. The van der Waals surface area contributed by atoms with Gasteiger partial charge in [-0.3, -0.25) is 4.79 Å². The van der Waals surface area contributed by atoms with Gasteiger partial charge < -0.3 is 16.4 Å². The van der Waals surface area contributed by atoms with E-state index in [1.807, 2.05) is 19.1 Å². The third-order valence-electron chi connectivity index (χ3n) is 2.92. The Labute approximate surface area is 112 Å². The van der Waals surface area contributed by atoms with E-state index in [1.54, 1.807) is 41.3 Å². The molecule has 2 aromatic carbocycles. The molecule has 1 amide bonds. The molecule has 4 heteroatoms. The first kappa shape index (κ1) is 13.0. The van der Waals surface area contributed by atoms with Crippen molar-refractivity contribution in [3.05, 3.63) is 54.1 Å². The number of nitrogen functional groups attached to an aromatic ring is 2. The van der Waals surface area contributed by atoms with E-state index in [-0.39, 0.29) is 5.91 Å². The topological polar surface area (TPSA) is 72.3 Å². The van der Waals surface area contributed by atoms with Gasteiger partial charge in [0.1, 0.15) is 0 Å². The van der Waals surface area contributed by atoms with Crippen molar-refractivity contribution in [2.75, 3.05) is 22.9 Å². The minimum atomic E-state index is -0.0488. The molecule has 0 atom stereocenters. The molecule has 0 aliphatic heterocycles. The number of anilines is 3. The molecule has 0 saturated heterocycles. The summed E-state index contributed by atoms with van der Waals surface area (Å²) in [6.07, 6.45) is 0. The van der Waals surface area contributed by atoms with Crippen LogP contribution in [-0.4, -0.2) is 12.5 Å². The summed E-state index contributed by atoms with van der Waals surface area (Å²) in [5.74, 6) is -0.0488. The van der Waals surface area contributed by atoms with Crippen LogP contribution in [0.3, 0.4) is 0 Å². The zero-order chi connectivity index (χ0) is 13.8. The highest BCUT2D eigenvalue weighted by Crippen LogP contribution is 2.19.